The van der Waals surface area contributed by atoms with Crippen molar-refractivity contribution in [2.45, 2.75) is 18.9 Å². The second-order valence-electron chi connectivity index (χ2n) is 5.10. The fourth-order valence-electron chi connectivity index (χ4n) is 2.44. The number of hydrogen-bond acceptors (Lipinski definition) is 5. The number of carbonyl (C=O) groups excluding carboxylic acids is 1. The maximum Gasteiger partial charge on any atom is 0.262 e. The fraction of sp³-hybridized carbons (Fsp3) is 0.412. The molecular weight excluding hydrogens is 296 g/mol. The summed E-state index contributed by atoms with van der Waals surface area (Å²) < 4.78 is 16.0. The Bertz CT molecular complexity index is 628. The highest BCUT2D eigenvalue weighted by Gasteiger charge is 2.18. The third-order valence-corrected chi connectivity index (χ3v) is 3.61. The van der Waals surface area contributed by atoms with E-state index in [-0.39, 0.29) is 11.7 Å². The summed E-state index contributed by atoms with van der Waals surface area (Å²) in [6.45, 7) is 1.13. The van der Waals surface area contributed by atoms with E-state index in [0.29, 0.717) is 23.6 Å². The summed E-state index contributed by atoms with van der Waals surface area (Å²) in [5, 5.41) is 12.0. The molecule has 1 N–H and O–H groups in total. The van der Waals surface area contributed by atoms with Gasteiger partial charge in [-0.2, -0.15) is 5.26 Å². The van der Waals surface area contributed by atoms with Gasteiger partial charge in [0.15, 0.2) is 11.5 Å². The molecule has 1 atom stereocenters. The first-order valence-corrected chi connectivity index (χ1v) is 7.42. The molecule has 1 aromatic rings. The van der Waals surface area contributed by atoms with Gasteiger partial charge >= 0.3 is 0 Å². The summed E-state index contributed by atoms with van der Waals surface area (Å²) in [6, 6.07) is 7.20. The highest BCUT2D eigenvalue weighted by molar-refractivity contribution is 6.02. The van der Waals surface area contributed by atoms with E-state index in [1.165, 1.54) is 20.3 Å². The molecule has 1 amide bonds. The Morgan fingerprint density at radius 2 is 2.30 bits per heavy atom. The molecule has 0 bridgehead atoms. The minimum absolute atomic E-state index is 0.00884. The quantitative estimate of drug-likeness (QED) is 0.640. The number of benzene rings is 1. The SMILES string of the molecule is COc1cccc(/C=C(\C#N)C(=O)NC[C@@H]2CCCO2)c1OC. The summed E-state index contributed by atoms with van der Waals surface area (Å²) in [5.74, 6) is 0.598. The van der Waals surface area contributed by atoms with Crippen LogP contribution < -0.4 is 14.8 Å². The molecule has 0 aliphatic carbocycles. The Balaban J connectivity index is 2.14. The number of para-hydroxylation sites is 1. The number of rotatable bonds is 6. The van der Waals surface area contributed by atoms with E-state index in [9.17, 15) is 10.1 Å². The Hall–Kier alpha value is -2.52. The van der Waals surface area contributed by atoms with Gasteiger partial charge in [-0.1, -0.05) is 12.1 Å². The first kappa shape index (κ1) is 16.8. The maximum absolute atomic E-state index is 12.2. The van der Waals surface area contributed by atoms with E-state index in [0.717, 1.165) is 19.4 Å². The average Bonchev–Trinajstić information content (AvgIpc) is 3.10. The molecule has 1 fully saturated rings. The van der Waals surface area contributed by atoms with Gasteiger partial charge in [0.1, 0.15) is 11.6 Å². The van der Waals surface area contributed by atoms with Crippen LogP contribution in [0.2, 0.25) is 0 Å². The lowest BCUT2D eigenvalue weighted by Gasteiger charge is -2.12. The molecule has 1 heterocycles. The second kappa shape index (κ2) is 8.20. The molecule has 23 heavy (non-hydrogen) atoms. The van der Waals surface area contributed by atoms with Crippen LogP contribution in [0.25, 0.3) is 6.08 Å². The van der Waals surface area contributed by atoms with Gasteiger partial charge in [-0.15, -0.1) is 0 Å². The van der Waals surface area contributed by atoms with Crippen LogP contribution in [0, 0.1) is 11.3 Å². The van der Waals surface area contributed by atoms with Crippen molar-refractivity contribution < 1.29 is 19.0 Å². The number of methoxy groups -OCH3 is 2. The molecule has 122 valence electrons. The van der Waals surface area contributed by atoms with Crippen LogP contribution in [0.15, 0.2) is 23.8 Å². The molecule has 1 saturated heterocycles. The summed E-state index contributed by atoms with van der Waals surface area (Å²) in [6.07, 6.45) is 3.45. The highest BCUT2D eigenvalue weighted by atomic mass is 16.5. The van der Waals surface area contributed by atoms with Crippen LogP contribution in [0.3, 0.4) is 0 Å². The number of nitriles is 1. The molecule has 0 saturated carbocycles. The van der Waals surface area contributed by atoms with Crippen LogP contribution in [0.5, 0.6) is 11.5 Å². The van der Waals surface area contributed by atoms with Crippen molar-refractivity contribution >= 4 is 12.0 Å². The number of carbonyl (C=O) groups is 1. The van der Waals surface area contributed by atoms with Gasteiger partial charge in [-0.25, -0.2) is 0 Å². The van der Waals surface area contributed by atoms with Crippen LogP contribution in [0.4, 0.5) is 0 Å². The van der Waals surface area contributed by atoms with Crippen LogP contribution >= 0.6 is 0 Å². The zero-order valence-electron chi connectivity index (χ0n) is 13.3. The molecule has 0 aromatic heterocycles. The number of ether oxygens (including phenoxy) is 3. The van der Waals surface area contributed by atoms with Gasteiger partial charge in [-0.05, 0) is 25.0 Å². The van der Waals surface area contributed by atoms with Gasteiger partial charge in [0.25, 0.3) is 5.91 Å². The number of nitrogens with zero attached hydrogens (tertiary/aromatic N) is 1. The van der Waals surface area contributed by atoms with E-state index in [1.807, 2.05) is 6.07 Å². The molecule has 0 radical (unpaired) electrons. The molecule has 1 aliphatic rings. The number of nitrogens with one attached hydrogen (secondary N) is 1. The molecule has 2 rings (SSSR count). The first-order valence-electron chi connectivity index (χ1n) is 7.42. The lowest BCUT2D eigenvalue weighted by molar-refractivity contribution is -0.117. The van der Waals surface area contributed by atoms with Gasteiger partial charge < -0.3 is 19.5 Å². The Labute approximate surface area is 135 Å². The average molecular weight is 316 g/mol. The maximum atomic E-state index is 12.2. The van der Waals surface area contributed by atoms with E-state index in [1.54, 1.807) is 18.2 Å². The molecule has 1 aromatic carbocycles. The fourth-order valence-corrected chi connectivity index (χ4v) is 2.44. The lowest BCUT2D eigenvalue weighted by atomic mass is 10.1. The van der Waals surface area contributed by atoms with Crippen LogP contribution in [-0.2, 0) is 9.53 Å². The zero-order valence-corrected chi connectivity index (χ0v) is 13.3. The van der Waals surface area contributed by atoms with Crippen molar-refractivity contribution in [1.29, 1.82) is 5.26 Å². The Kier molecular flexibility index (Phi) is 6.01. The van der Waals surface area contributed by atoms with Crippen molar-refractivity contribution in [3.8, 4) is 17.6 Å². The monoisotopic (exact) mass is 316 g/mol. The summed E-state index contributed by atoms with van der Waals surface area (Å²) in [7, 11) is 3.05. The van der Waals surface area contributed by atoms with Gasteiger partial charge in [0, 0.05) is 18.7 Å². The third-order valence-electron chi connectivity index (χ3n) is 3.61. The minimum Gasteiger partial charge on any atom is -0.493 e. The third kappa shape index (κ3) is 4.24. The summed E-state index contributed by atoms with van der Waals surface area (Å²) in [5.41, 5.74) is 0.616. The van der Waals surface area contributed by atoms with E-state index >= 15 is 0 Å². The normalized spacial score (nSPS) is 17.4. The molecule has 1 aliphatic heterocycles. The smallest absolute Gasteiger partial charge is 0.262 e. The van der Waals surface area contributed by atoms with Gasteiger partial charge in [0.2, 0.25) is 0 Å². The van der Waals surface area contributed by atoms with E-state index in [4.69, 9.17) is 14.2 Å². The van der Waals surface area contributed by atoms with Crippen molar-refractivity contribution in [3.63, 3.8) is 0 Å². The Morgan fingerprint density at radius 1 is 1.48 bits per heavy atom. The molecule has 0 spiro atoms. The summed E-state index contributed by atoms with van der Waals surface area (Å²) in [4.78, 5) is 12.2. The predicted octanol–water partition coefficient (Wildman–Crippen LogP) is 1.91. The predicted molar refractivity (Wildman–Crippen MR) is 85.1 cm³/mol. The topological polar surface area (TPSA) is 80.6 Å². The number of hydrogen-bond donors (Lipinski definition) is 1. The van der Waals surface area contributed by atoms with Crippen LogP contribution in [-0.4, -0.2) is 39.4 Å². The number of amides is 1. The molecule has 0 unspecified atom stereocenters. The minimum atomic E-state index is -0.423. The largest absolute Gasteiger partial charge is 0.493 e. The van der Waals surface area contributed by atoms with E-state index in [2.05, 4.69) is 5.32 Å². The van der Waals surface area contributed by atoms with Crippen molar-refractivity contribution in [3.05, 3.63) is 29.3 Å². The second-order valence-corrected chi connectivity index (χ2v) is 5.10. The van der Waals surface area contributed by atoms with Crippen molar-refractivity contribution in [1.82, 2.24) is 5.32 Å². The van der Waals surface area contributed by atoms with Gasteiger partial charge in [-0.3, -0.25) is 4.79 Å². The van der Waals surface area contributed by atoms with Crippen molar-refractivity contribution in [2.24, 2.45) is 0 Å². The summed E-state index contributed by atoms with van der Waals surface area (Å²) >= 11 is 0. The van der Waals surface area contributed by atoms with Crippen LogP contribution in [0.1, 0.15) is 18.4 Å². The van der Waals surface area contributed by atoms with Crippen molar-refractivity contribution in [2.75, 3.05) is 27.4 Å². The standard InChI is InChI=1S/C17H20N2O4/c1-21-15-7-3-5-12(16(15)22-2)9-13(10-18)17(20)19-11-14-6-4-8-23-14/h3,5,7,9,14H,4,6,8,11H2,1-2H3,(H,19,20)/b13-9+/t14-/m0/s1. The molecule has 6 nitrogen and oxygen atoms in total. The molecular formula is C17H20N2O4. The molecule has 6 heteroatoms. The zero-order chi connectivity index (χ0) is 16.7. The first-order chi connectivity index (χ1) is 11.2. The lowest BCUT2D eigenvalue weighted by Crippen LogP contribution is -2.32. The van der Waals surface area contributed by atoms with Gasteiger partial charge in [0.05, 0.1) is 20.3 Å². The Morgan fingerprint density at radius 3 is 2.91 bits per heavy atom. The highest BCUT2D eigenvalue weighted by Crippen LogP contribution is 2.32. The van der Waals surface area contributed by atoms with E-state index < -0.39 is 5.91 Å².